The maximum atomic E-state index is 13.4. The number of carbonyl (C=O) groups is 2. The number of aromatic nitrogens is 2. The molecule has 1 aliphatic heterocycles. The topological polar surface area (TPSA) is 95.3 Å². The van der Waals surface area contributed by atoms with Crippen LogP contribution in [0.4, 0.5) is 0 Å². The number of hydrogen-bond acceptors (Lipinski definition) is 7. The van der Waals surface area contributed by atoms with Crippen LogP contribution in [0.5, 0.6) is 0 Å². The molecule has 0 bridgehead atoms. The summed E-state index contributed by atoms with van der Waals surface area (Å²) in [5, 5.41) is 12.2. The van der Waals surface area contributed by atoms with Gasteiger partial charge in [-0.25, -0.2) is 4.98 Å². The van der Waals surface area contributed by atoms with Gasteiger partial charge >= 0.3 is 0 Å². The van der Waals surface area contributed by atoms with Gasteiger partial charge in [0, 0.05) is 29.9 Å². The van der Waals surface area contributed by atoms with Gasteiger partial charge in [0.25, 0.3) is 5.56 Å². The normalized spacial score (nSPS) is 14.8. The molecule has 0 atom stereocenters. The molecule has 0 aliphatic carbocycles. The highest BCUT2D eigenvalue weighted by molar-refractivity contribution is 7.99. The number of carboxylic acids is 1. The number of hydrogen-bond donors (Lipinski definition) is 0. The van der Waals surface area contributed by atoms with Crippen molar-refractivity contribution in [1.82, 2.24) is 14.5 Å². The number of carbonyl (C=O) groups excluding carboxylic acids is 2. The molecule has 3 heterocycles. The molecule has 1 amide bonds. The van der Waals surface area contributed by atoms with Gasteiger partial charge in [-0.1, -0.05) is 42.1 Å². The van der Waals surface area contributed by atoms with Crippen LogP contribution in [-0.2, 0) is 16.1 Å². The third-order valence-corrected chi connectivity index (χ3v) is 8.01. The molecule has 2 aromatic heterocycles. The Kier molecular flexibility index (Phi) is 6.66. The van der Waals surface area contributed by atoms with Gasteiger partial charge in [0.1, 0.15) is 4.83 Å². The highest BCUT2D eigenvalue weighted by Gasteiger charge is 2.24. The summed E-state index contributed by atoms with van der Waals surface area (Å²) in [6.07, 6.45) is 0.824. The summed E-state index contributed by atoms with van der Waals surface area (Å²) < 4.78 is 1.65. The lowest BCUT2D eigenvalue weighted by molar-refractivity contribution is -0.312. The van der Waals surface area contributed by atoms with Crippen LogP contribution in [0.15, 0.2) is 40.3 Å². The average Bonchev–Trinajstić information content (AvgIpc) is 3.08. The van der Waals surface area contributed by atoms with E-state index in [2.05, 4.69) is 0 Å². The van der Waals surface area contributed by atoms with Crippen molar-refractivity contribution in [2.45, 2.75) is 38.4 Å². The minimum absolute atomic E-state index is 0.0778. The number of fused-ring (bicyclic) bond motifs is 1. The quantitative estimate of drug-likeness (QED) is 0.405. The Hall–Kier alpha value is -2.65. The second-order valence-corrected chi connectivity index (χ2v) is 10.1. The molecule has 0 radical (unpaired) electrons. The SMILES string of the molecule is Cc1sc2nc(SCC(=O)N3CCC(C(=O)[O-])CC3)n(Cc3ccccc3)c(=O)c2c1C. The van der Waals surface area contributed by atoms with Crippen LogP contribution in [0.25, 0.3) is 10.2 Å². The second kappa shape index (κ2) is 9.46. The van der Waals surface area contributed by atoms with Crippen LogP contribution in [-0.4, -0.2) is 45.2 Å². The lowest BCUT2D eigenvalue weighted by Gasteiger charge is -2.32. The first-order valence-electron chi connectivity index (χ1n) is 10.5. The number of likely N-dealkylation sites (tertiary alicyclic amines) is 1. The van der Waals surface area contributed by atoms with E-state index in [0.29, 0.717) is 47.8 Å². The molecule has 1 saturated heterocycles. The zero-order chi connectivity index (χ0) is 22.8. The Bertz CT molecular complexity index is 1210. The number of amides is 1. The maximum Gasteiger partial charge on any atom is 0.263 e. The fraction of sp³-hybridized carbons (Fsp3) is 0.391. The van der Waals surface area contributed by atoms with E-state index >= 15 is 0 Å². The average molecular weight is 471 g/mol. The Morgan fingerprint density at radius 2 is 1.88 bits per heavy atom. The molecular weight excluding hydrogens is 446 g/mol. The molecule has 0 spiro atoms. The summed E-state index contributed by atoms with van der Waals surface area (Å²) in [5.74, 6) is -1.47. The summed E-state index contributed by atoms with van der Waals surface area (Å²) in [6, 6.07) is 9.71. The van der Waals surface area contributed by atoms with Crippen molar-refractivity contribution in [3.05, 3.63) is 56.7 Å². The predicted octanol–water partition coefficient (Wildman–Crippen LogP) is 2.20. The zero-order valence-corrected chi connectivity index (χ0v) is 19.6. The first-order valence-corrected chi connectivity index (χ1v) is 12.3. The molecule has 32 heavy (non-hydrogen) atoms. The summed E-state index contributed by atoms with van der Waals surface area (Å²) in [7, 11) is 0. The van der Waals surface area contributed by atoms with E-state index in [-0.39, 0.29) is 17.2 Å². The van der Waals surface area contributed by atoms with Crippen LogP contribution in [0.3, 0.4) is 0 Å². The van der Waals surface area contributed by atoms with E-state index in [0.717, 1.165) is 16.0 Å². The molecule has 4 rings (SSSR count). The number of thiophene rings is 1. The molecule has 1 fully saturated rings. The smallest absolute Gasteiger partial charge is 0.263 e. The number of nitrogens with zero attached hydrogens (tertiary/aromatic N) is 3. The predicted molar refractivity (Wildman–Crippen MR) is 124 cm³/mol. The van der Waals surface area contributed by atoms with Crippen LogP contribution in [0.2, 0.25) is 0 Å². The van der Waals surface area contributed by atoms with Crippen molar-refractivity contribution in [1.29, 1.82) is 0 Å². The van der Waals surface area contributed by atoms with Crippen molar-refractivity contribution in [2.24, 2.45) is 5.92 Å². The van der Waals surface area contributed by atoms with Gasteiger partial charge in [-0.15, -0.1) is 11.3 Å². The Morgan fingerprint density at radius 1 is 1.19 bits per heavy atom. The Morgan fingerprint density at radius 3 is 2.53 bits per heavy atom. The van der Waals surface area contributed by atoms with Gasteiger partial charge in [-0.2, -0.15) is 0 Å². The standard InChI is InChI=1S/C23H25N3O4S2/c1-14-15(2)32-20-19(14)21(28)26(12-16-6-4-3-5-7-16)23(24-20)31-13-18(27)25-10-8-17(9-11-25)22(29)30/h3-7,17H,8-13H2,1-2H3,(H,29,30)/p-1. The summed E-state index contributed by atoms with van der Waals surface area (Å²) in [6.45, 7) is 5.12. The lowest BCUT2D eigenvalue weighted by atomic mass is 9.97. The molecule has 0 N–H and O–H groups in total. The highest BCUT2D eigenvalue weighted by Crippen LogP contribution is 2.29. The van der Waals surface area contributed by atoms with E-state index in [9.17, 15) is 19.5 Å². The zero-order valence-electron chi connectivity index (χ0n) is 18.0. The first-order chi connectivity index (χ1) is 15.3. The maximum absolute atomic E-state index is 13.4. The van der Waals surface area contributed by atoms with E-state index in [4.69, 9.17) is 4.98 Å². The van der Waals surface area contributed by atoms with Gasteiger partial charge in [-0.3, -0.25) is 14.2 Å². The largest absolute Gasteiger partial charge is 0.550 e. The molecule has 1 aliphatic rings. The first kappa shape index (κ1) is 22.5. The fourth-order valence-corrected chi connectivity index (χ4v) is 5.88. The van der Waals surface area contributed by atoms with Crippen molar-refractivity contribution in [3.63, 3.8) is 0 Å². The molecule has 3 aromatic rings. The van der Waals surface area contributed by atoms with Crippen LogP contribution >= 0.6 is 23.1 Å². The summed E-state index contributed by atoms with van der Waals surface area (Å²) >= 11 is 2.75. The molecule has 9 heteroatoms. The monoisotopic (exact) mass is 470 g/mol. The molecular formula is C23H24N3O4S2-. The number of carboxylic acid groups (broad SMARTS) is 1. The van der Waals surface area contributed by atoms with Crippen molar-refractivity contribution in [2.75, 3.05) is 18.8 Å². The van der Waals surface area contributed by atoms with Gasteiger partial charge in [0.15, 0.2) is 5.16 Å². The Balaban J connectivity index is 1.58. The summed E-state index contributed by atoms with van der Waals surface area (Å²) in [4.78, 5) is 45.4. The van der Waals surface area contributed by atoms with E-state index in [1.165, 1.54) is 23.1 Å². The molecule has 7 nitrogen and oxygen atoms in total. The van der Waals surface area contributed by atoms with E-state index < -0.39 is 11.9 Å². The molecule has 0 saturated carbocycles. The van der Waals surface area contributed by atoms with E-state index in [1.807, 2.05) is 44.2 Å². The van der Waals surface area contributed by atoms with Crippen molar-refractivity contribution >= 4 is 45.2 Å². The highest BCUT2D eigenvalue weighted by atomic mass is 32.2. The van der Waals surface area contributed by atoms with Gasteiger partial charge in [0.05, 0.1) is 17.7 Å². The number of rotatable bonds is 6. The number of benzene rings is 1. The minimum Gasteiger partial charge on any atom is -0.550 e. The third-order valence-electron chi connectivity index (χ3n) is 5.94. The van der Waals surface area contributed by atoms with Gasteiger partial charge < -0.3 is 14.8 Å². The fourth-order valence-electron chi connectivity index (χ4n) is 3.91. The molecule has 168 valence electrons. The van der Waals surface area contributed by atoms with Crippen molar-refractivity contribution < 1.29 is 14.7 Å². The number of piperidine rings is 1. The summed E-state index contributed by atoms with van der Waals surface area (Å²) in [5.41, 5.74) is 1.84. The van der Waals surface area contributed by atoms with Gasteiger partial charge in [-0.05, 0) is 37.8 Å². The van der Waals surface area contributed by atoms with Crippen LogP contribution in [0, 0.1) is 19.8 Å². The van der Waals surface area contributed by atoms with E-state index in [1.54, 1.807) is 9.47 Å². The number of aliphatic carboxylic acids is 1. The van der Waals surface area contributed by atoms with Crippen LogP contribution < -0.4 is 10.7 Å². The lowest BCUT2D eigenvalue weighted by Crippen LogP contribution is -2.44. The number of aryl methyl sites for hydroxylation is 2. The Labute approximate surface area is 194 Å². The van der Waals surface area contributed by atoms with Crippen molar-refractivity contribution in [3.8, 4) is 0 Å². The van der Waals surface area contributed by atoms with Gasteiger partial charge in [0.2, 0.25) is 5.91 Å². The molecule has 1 aromatic carbocycles. The van der Waals surface area contributed by atoms with Crippen LogP contribution in [0.1, 0.15) is 28.8 Å². The molecule has 0 unspecified atom stereocenters. The minimum atomic E-state index is -1.05. The second-order valence-electron chi connectivity index (χ2n) is 8.00. The number of thioether (sulfide) groups is 1. The third kappa shape index (κ3) is 4.59.